The first-order valence-corrected chi connectivity index (χ1v) is 17.7. The van der Waals surface area contributed by atoms with Crippen molar-refractivity contribution in [1.29, 1.82) is 0 Å². The monoisotopic (exact) mass is 645 g/mol. The zero-order valence-electron chi connectivity index (χ0n) is 30.7. The molecule has 0 spiro atoms. The first-order valence-electron chi connectivity index (χ1n) is 17.7. The van der Waals surface area contributed by atoms with Crippen LogP contribution < -0.4 is 0 Å². The predicted molar refractivity (Wildman–Crippen MR) is 191 cm³/mol. The SMILES string of the molecule is CC(C)=CCCC(C)=CC(=O)OCCCCCCC(CCCCCCOC(=O)C=C(C)CCC=C(C)C)OC(=O)CCCN(C)C. The third-order valence-electron chi connectivity index (χ3n) is 7.52. The Balaban J connectivity index is 4.37. The average Bonchev–Trinajstić information content (AvgIpc) is 2.95. The molecule has 0 saturated heterocycles. The molecular weight excluding hydrogens is 578 g/mol. The van der Waals surface area contributed by atoms with Gasteiger partial charge < -0.3 is 19.1 Å². The molecule has 7 nitrogen and oxygen atoms in total. The Bertz CT molecular complexity index is 903. The van der Waals surface area contributed by atoms with E-state index in [2.05, 4.69) is 44.7 Å². The van der Waals surface area contributed by atoms with Crippen molar-refractivity contribution in [1.82, 2.24) is 4.90 Å². The largest absolute Gasteiger partial charge is 0.463 e. The van der Waals surface area contributed by atoms with Gasteiger partial charge in [-0.15, -0.1) is 0 Å². The molecule has 7 heteroatoms. The van der Waals surface area contributed by atoms with Gasteiger partial charge >= 0.3 is 17.9 Å². The fraction of sp³-hybridized carbons (Fsp3) is 0.718. The Morgan fingerprint density at radius 2 is 1.02 bits per heavy atom. The quantitative estimate of drug-likeness (QED) is 0.0289. The van der Waals surface area contributed by atoms with E-state index < -0.39 is 0 Å². The molecule has 0 bridgehead atoms. The Hall–Kier alpha value is -2.67. The summed E-state index contributed by atoms with van der Waals surface area (Å²) in [6, 6.07) is 0. The molecule has 0 rings (SSSR count). The van der Waals surface area contributed by atoms with Gasteiger partial charge in [0.2, 0.25) is 0 Å². The smallest absolute Gasteiger partial charge is 0.330 e. The van der Waals surface area contributed by atoms with Gasteiger partial charge in [-0.05, 0) is 133 Å². The highest BCUT2D eigenvalue weighted by Crippen LogP contribution is 2.17. The molecule has 0 saturated carbocycles. The van der Waals surface area contributed by atoms with E-state index >= 15 is 0 Å². The van der Waals surface area contributed by atoms with E-state index in [1.54, 1.807) is 12.2 Å². The lowest BCUT2D eigenvalue weighted by atomic mass is 10.0. The van der Waals surface area contributed by atoms with Crippen molar-refractivity contribution in [2.45, 2.75) is 150 Å². The molecule has 0 aromatic carbocycles. The zero-order chi connectivity index (χ0) is 34.6. The number of rotatable bonds is 27. The summed E-state index contributed by atoms with van der Waals surface area (Å²) in [6.07, 6.45) is 21.7. The highest BCUT2D eigenvalue weighted by Gasteiger charge is 2.14. The molecule has 0 unspecified atom stereocenters. The summed E-state index contributed by atoms with van der Waals surface area (Å²) < 4.78 is 16.7. The van der Waals surface area contributed by atoms with Crippen molar-refractivity contribution in [3.63, 3.8) is 0 Å². The van der Waals surface area contributed by atoms with Crippen LogP contribution in [0.4, 0.5) is 0 Å². The van der Waals surface area contributed by atoms with E-state index in [0.29, 0.717) is 19.6 Å². The minimum atomic E-state index is -0.258. The van der Waals surface area contributed by atoms with Gasteiger partial charge in [0.15, 0.2) is 0 Å². The maximum Gasteiger partial charge on any atom is 0.330 e. The predicted octanol–water partition coefficient (Wildman–Crippen LogP) is 9.61. The molecule has 0 radical (unpaired) electrons. The summed E-state index contributed by atoms with van der Waals surface area (Å²) in [4.78, 5) is 38.7. The first-order chi connectivity index (χ1) is 21.9. The van der Waals surface area contributed by atoms with Crippen LogP contribution >= 0.6 is 0 Å². The van der Waals surface area contributed by atoms with Gasteiger partial charge in [0.1, 0.15) is 6.10 Å². The maximum absolute atomic E-state index is 12.5. The van der Waals surface area contributed by atoms with Gasteiger partial charge in [-0.25, -0.2) is 9.59 Å². The zero-order valence-corrected chi connectivity index (χ0v) is 30.7. The van der Waals surface area contributed by atoms with Crippen LogP contribution in [-0.4, -0.2) is 62.8 Å². The molecular formula is C39H67NO6. The van der Waals surface area contributed by atoms with Gasteiger partial charge in [0, 0.05) is 18.6 Å². The topological polar surface area (TPSA) is 82.1 Å². The summed E-state index contributed by atoms with van der Waals surface area (Å²) in [5, 5.41) is 0. The van der Waals surface area contributed by atoms with Gasteiger partial charge in [-0.1, -0.05) is 60.1 Å². The number of unbranched alkanes of at least 4 members (excludes halogenated alkanes) is 6. The first kappa shape index (κ1) is 43.3. The molecule has 0 aliphatic heterocycles. The lowest BCUT2D eigenvalue weighted by molar-refractivity contribution is -0.150. The molecule has 0 aromatic heterocycles. The second-order valence-electron chi connectivity index (χ2n) is 13.4. The molecule has 0 aliphatic rings. The maximum atomic E-state index is 12.5. The fourth-order valence-corrected chi connectivity index (χ4v) is 4.85. The minimum absolute atomic E-state index is 0.0681. The Kier molecular flexibility index (Phi) is 26.9. The minimum Gasteiger partial charge on any atom is -0.463 e. The third-order valence-corrected chi connectivity index (χ3v) is 7.52. The highest BCUT2D eigenvalue weighted by molar-refractivity contribution is 5.83. The van der Waals surface area contributed by atoms with E-state index in [1.807, 2.05) is 27.9 Å². The summed E-state index contributed by atoms with van der Waals surface area (Å²) in [6.45, 7) is 14.0. The number of nitrogens with zero attached hydrogens (tertiary/aromatic N) is 1. The van der Waals surface area contributed by atoms with Crippen LogP contribution in [0.2, 0.25) is 0 Å². The molecule has 0 atom stereocenters. The summed E-state index contributed by atoms with van der Waals surface area (Å²) in [5.74, 6) is -0.627. The van der Waals surface area contributed by atoms with Crippen molar-refractivity contribution in [2.24, 2.45) is 0 Å². The van der Waals surface area contributed by atoms with Gasteiger partial charge in [-0.2, -0.15) is 0 Å². The summed E-state index contributed by atoms with van der Waals surface area (Å²) in [7, 11) is 4.01. The molecule has 0 N–H and O–H groups in total. The fourth-order valence-electron chi connectivity index (χ4n) is 4.85. The van der Waals surface area contributed by atoms with Crippen LogP contribution in [0.1, 0.15) is 144 Å². The number of allylic oxidation sites excluding steroid dienone is 6. The molecule has 264 valence electrons. The van der Waals surface area contributed by atoms with Crippen LogP contribution in [0.15, 0.2) is 46.6 Å². The van der Waals surface area contributed by atoms with Crippen LogP contribution in [0.3, 0.4) is 0 Å². The average molecular weight is 646 g/mol. The van der Waals surface area contributed by atoms with E-state index in [4.69, 9.17) is 14.2 Å². The van der Waals surface area contributed by atoms with Crippen molar-refractivity contribution in [3.05, 3.63) is 46.6 Å². The number of carbonyl (C=O) groups excluding carboxylic acids is 3. The lowest BCUT2D eigenvalue weighted by Gasteiger charge is -2.18. The van der Waals surface area contributed by atoms with Gasteiger partial charge in [0.25, 0.3) is 0 Å². The van der Waals surface area contributed by atoms with Gasteiger partial charge in [0.05, 0.1) is 13.2 Å². The molecule has 0 aromatic rings. The number of hydrogen-bond donors (Lipinski definition) is 0. The molecule has 0 fully saturated rings. The van der Waals surface area contributed by atoms with Crippen LogP contribution in [0, 0.1) is 0 Å². The van der Waals surface area contributed by atoms with Gasteiger partial charge in [-0.3, -0.25) is 4.79 Å². The second-order valence-corrected chi connectivity index (χ2v) is 13.4. The van der Waals surface area contributed by atoms with Crippen LogP contribution in [0.5, 0.6) is 0 Å². The normalized spacial score (nSPS) is 12.5. The van der Waals surface area contributed by atoms with Crippen LogP contribution in [0.25, 0.3) is 0 Å². The standard InChI is InChI=1S/C39H67NO6/c1-32(2)20-17-22-34(5)30-38(42)44-28-15-11-9-13-24-36(46-37(41)26-19-27-40(7)8)25-14-10-12-16-29-45-39(43)31-35(6)23-18-21-33(3)4/h20-21,30-31,36H,9-19,22-29H2,1-8H3. The van der Waals surface area contributed by atoms with Crippen molar-refractivity contribution in [3.8, 4) is 0 Å². The van der Waals surface area contributed by atoms with Crippen molar-refractivity contribution < 1.29 is 28.6 Å². The van der Waals surface area contributed by atoms with E-state index in [1.165, 1.54) is 11.1 Å². The summed E-state index contributed by atoms with van der Waals surface area (Å²) >= 11 is 0. The number of ether oxygens (including phenoxy) is 3. The summed E-state index contributed by atoms with van der Waals surface area (Å²) in [5.41, 5.74) is 4.66. The number of hydrogen-bond acceptors (Lipinski definition) is 7. The van der Waals surface area contributed by atoms with E-state index in [0.717, 1.165) is 114 Å². The lowest BCUT2D eigenvalue weighted by Crippen LogP contribution is -2.20. The Morgan fingerprint density at radius 3 is 1.43 bits per heavy atom. The Labute approximate surface area is 281 Å². The highest BCUT2D eigenvalue weighted by atomic mass is 16.5. The number of carbonyl (C=O) groups is 3. The van der Waals surface area contributed by atoms with E-state index in [-0.39, 0.29) is 24.0 Å². The van der Waals surface area contributed by atoms with Crippen molar-refractivity contribution in [2.75, 3.05) is 33.9 Å². The second kappa shape index (κ2) is 28.5. The number of esters is 3. The molecule has 0 heterocycles. The Morgan fingerprint density at radius 1 is 0.587 bits per heavy atom. The van der Waals surface area contributed by atoms with Crippen molar-refractivity contribution >= 4 is 17.9 Å². The van der Waals surface area contributed by atoms with Crippen LogP contribution in [-0.2, 0) is 28.6 Å². The molecule has 0 amide bonds. The molecule has 0 aliphatic carbocycles. The van der Waals surface area contributed by atoms with E-state index in [9.17, 15) is 14.4 Å². The third kappa shape index (κ3) is 30.0. The molecule has 46 heavy (non-hydrogen) atoms.